The number of amides is 1. The Kier molecular flexibility index (Phi) is 5.12. The lowest BCUT2D eigenvalue weighted by atomic mass is 10.0. The zero-order valence-electron chi connectivity index (χ0n) is 15.6. The number of aryl methyl sites for hydroxylation is 1. The molecular weight excluding hydrogens is 374 g/mol. The molecule has 2 aromatic heterocycles. The number of aromatic nitrogens is 3. The highest BCUT2D eigenvalue weighted by Gasteiger charge is 2.25. The van der Waals surface area contributed by atoms with Crippen molar-refractivity contribution in [2.75, 3.05) is 13.7 Å². The van der Waals surface area contributed by atoms with Gasteiger partial charge in [0.05, 0.1) is 24.7 Å². The van der Waals surface area contributed by atoms with Crippen molar-refractivity contribution in [3.05, 3.63) is 59.0 Å². The van der Waals surface area contributed by atoms with Crippen LogP contribution in [0.3, 0.4) is 0 Å². The Balaban J connectivity index is 1.60. The van der Waals surface area contributed by atoms with Crippen LogP contribution in [0.5, 0.6) is 5.75 Å². The van der Waals surface area contributed by atoms with Crippen LogP contribution in [0.15, 0.2) is 48.0 Å². The average Bonchev–Trinajstić information content (AvgIpc) is 3.15. The largest absolute Gasteiger partial charge is 0.497 e. The monoisotopic (exact) mass is 393 g/mol. The molecule has 0 fully saturated rings. The van der Waals surface area contributed by atoms with Gasteiger partial charge < -0.3 is 4.74 Å². The lowest BCUT2D eigenvalue weighted by Crippen LogP contribution is -2.32. The van der Waals surface area contributed by atoms with Gasteiger partial charge >= 0.3 is 0 Å². The van der Waals surface area contributed by atoms with Crippen LogP contribution in [0.1, 0.15) is 33.8 Å². The molecule has 1 aliphatic heterocycles. The van der Waals surface area contributed by atoms with Gasteiger partial charge in [0.1, 0.15) is 21.3 Å². The molecule has 1 aromatic carbocycles. The molecule has 0 saturated carbocycles. The molecule has 0 spiro atoms. The number of carbonyl (C=O) groups is 1. The molecule has 0 aliphatic carbocycles. The van der Waals surface area contributed by atoms with E-state index < -0.39 is 0 Å². The molecular formula is C20H19N5O2S. The zero-order chi connectivity index (χ0) is 19.5. The minimum atomic E-state index is -0.129. The van der Waals surface area contributed by atoms with Crippen molar-refractivity contribution in [3.8, 4) is 16.5 Å². The van der Waals surface area contributed by atoms with Gasteiger partial charge in [-0.1, -0.05) is 0 Å². The summed E-state index contributed by atoms with van der Waals surface area (Å²) in [5.74, 6) is 0.667. The minimum Gasteiger partial charge on any atom is -0.497 e. The third-order valence-electron chi connectivity index (χ3n) is 4.46. The highest BCUT2D eigenvalue weighted by molar-refractivity contribution is 7.17. The van der Waals surface area contributed by atoms with Crippen molar-refractivity contribution in [1.29, 1.82) is 0 Å². The van der Waals surface area contributed by atoms with E-state index >= 15 is 0 Å². The molecule has 4 rings (SSSR count). The summed E-state index contributed by atoms with van der Waals surface area (Å²) in [6.45, 7) is 2.43. The van der Waals surface area contributed by atoms with Crippen LogP contribution >= 0.6 is 11.3 Å². The Hall–Kier alpha value is -3.13. The molecule has 0 saturated heterocycles. The van der Waals surface area contributed by atoms with E-state index in [1.54, 1.807) is 30.7 Å². The predicted molar refractivity (Wildman–Crippen MR) is 108 cm³/mol. The second kappa shape index (κ2) is 7.85. The summed E-state index contributed by atoms with van der Waals surface area (Å²) in [6, 6.07) is 7.74. The number of nitrogens with zero attached hydrogens (tertiary/aromatic N) is 5. The van der Waals surface area contributed by atoms with Gasteiger partial charge in [-0.2, -0.15) is 5.10 Å². The van der Waals surface area contributed by atoms with Gasteiger partial charge in [0.2, 0.25) is 0 Å². The van der Waals surface area contributed by atoms with Crippen LogP contribution in [0, 0.1) is 6.92 Å². The molecule has 0 N–H and O–H groups in total. The molecule has 0 bridgehead atoms. The number of hydrogen-bond donors (Lipinski definition) is 0. The van der Waals surface area contributed by atoms with Crippen molar-refractivity contribution in [2.45, 2.75) is 19.8 Å². The van der Waals surface area contributed by atoms with Crippen LogP contribution in [0.4, 0.5) is 0 Å². The van der Waals surface area contributed by atoms with Crippen molar-refractivity contribution < 1.29 is 9.53 Å². The van der Waals surface area contributed by atoms with E-state index in [0.717, 1.165) is 29.9 Å². The fourth-order valence-electron chi connectivity index (χ4n) is 3.01. The molecule has 28 heavy (non-hydrogen) atoms. The lowest BCUT2D eigenvalue weighted by Gasteiger charge is -2.23. The first-order valence-electron chi connectivity index (χ1n) is 8.93. The third-order valence-corrected chi connectivity index (χ3v) is 5.62. The van der Waals surface area contributed by atoms with E-state index in [1.165, 1.54) is 11.3 Å². The summed E-state index contributed by atoms with van der Waals surface area (Å²) in [5, 5.41) is 6.85. The first-order valence-corrected chi connectivity index (χ1v) is 9.75. The summed E-state index contributed by atoms with van der Waals surface area (Å²) in [5.41, 5.74) is 3.25. The average molecular weight is 393 g/mol. The molecule has 3 aromatic rings. The van der Waals surface area contributed by atoms with Gasteiger partial charge in [-0.3, -0.25) is 14.8 Å². The van der Waals surface area contributed by atoms with Crippen LogP contribution < -0.4 is 4.74 Å². The molecule has 1 amide bonds. The van der Waals surface area contributed by atoms with E-state index in [0.29, 0.717) is 27.8 Å². The lowest BCUT2D eigenvalue weighted by molar-refractivity contribution is 0.0755. The van der Waals surface area contributed by atoms with Gasteiger partial charge in [0.15, 0.2) is 0 Å². The van der Waals surface area contributed by atoms with Gasteiger partial charge in [-0.15, -0.1) is 11.3 Å². The number of carbonyl (C=O) groups excluding carboxylic acids is 1. The van der Waals surface area contributed by atoms with Crippen molar-refractivity contribution in [2.24, 2.45) is 5.10 Å². The molecule has 7 nitrogen and oxygen atoms in total. The Bertz CT molecular complexity index is 1010. The summed E-state index contributed by atoms with van der Waals surface area (Å²) in [7, 11) is 1.64. The van der Waals surface area contributed by atoms with E-state index in [2.05, 4.69) is 20.1 Å². The third kappa shape index (κ3) is 3.63. The smallest absolute Gasteiger partial charge is 0.285 e. The van der Waals surface area contributed by atoms with E-state index in [9.17, 15) is 4.79 Å². The number of rotatable bonds is 4. The molecule has 0 unspecified atom stereocenters. The Morgan fingerprint density at radius 1 is 1.21 bits per heavy atom. The molecule has 3 heterocycles. The molecule has 142 valence electrons. The number of benzene rings is 1. The maximum absolute atomic E-state index is 13.1. The summed E-state index contributed by atoms with van der Waals surface area (Å²) in [6.07, 6.45) is 6.57. The first-order chi connectivity index (χ1) is 13.7. The number of hydrazone groups is 1. The number of ether oxygens (including phenoxy) is 1. The summed E-state index contributed by atoms with van der Waals surface area (Å²) >= 11 is 1.33. The minimum absolute atomic E-state index is 0.129. The molecule has 8 heteroatoms. The summed E-state index contributed by atoms with van der Waals surface area (Å²) in [4.78, 5) is 26.5. The van der Waals surface area contributed by atoms with E-state index in [1.807, 2.05) is 31.2 Å². The Morgan fingerprint density at radius 2 is 2.04 bits per heavy atom. The van der Waals surface area contributed by atoms with Gasteiger partial charge in [0.25, 0.3) is 5.91 Å². The van der Waals surface area contributed by atoms with Crippen LogP contribution in [-0.2, 0) is 0 Å². The van der Waals surface area contributed by atoms with Crippen LogP contribution in [0.25, 0.3) is 10.7 Å². The second-order valence-corrected chi connectivity index (χ2v) is 7.33. The van der Waals surface area contributed by atoms with Crippen LogP contribution in [-0.4, -0.2) is 45.2 Å². The quantitative estimate of drug-likeness (QED) is 0.677. The zero-order valence-corrected chi connectivity index (χ0v) is 16.4. The standard InChI is InChI=1S/C20H19N5O2S/c1-13-18(28-19(23-13)17-12-21-9-10-22-17)20(26)25-11-3-4-16(24-25)14-5-7-15(27-2)8-6-14/h5-10,12H,3-4,11H2,1-2H3. The number of thiazole rings is 1. The Morgan fingerprint density at radius 3 is 2.75 bits per heavy atom. The maximum atomic E-state index is 13.1. The SMILES string of the molecule is COc1ccc(C2=NN(C(=O)c3sc(-c4cnccn4)nc3C)CCC2)cc1. The molecule has 1 aliphatic rings. The predicted octanol–water partition coefficient (Wildman–Crippen LogP) is 3.56. The van der Waals surface area contributed by atoms with E-state index in [-0.39, 0.29) is 5.91 Å². The van der Waals surface area contributed by atoms with Gasteiger partial charge in [-0.05, 0) is 49.6 Å². The molecule has 0 atom stereocenters. The molecule has 0 radical (unpaired) electrons. The second-order valence-electron chi connectivity index (χ2n) is 6.33. The van der Waals surface area contributed by atoms with Gasteiger partial charge in [0, 0.05) is 18.9 Å². The fraction of sp³-hybridized carbons (Fsp3) is 0.250. The first kappa shape index (κ1) is 18.2. The topological polar surface area (TPSA) is 80.6 Å². The van der Waals surface area contributed by atoms with Gasteiger partial charge in [-0.25, -0.2) is 9.99 Å². The van der Waals surface area contributed by atoms with E-state index in [4.69, 9.17) is 4.74 Å². The highest BCUT2D eigenvalue weighted by Crippen LogP contribution is 2.28. The van der Waals surface area contributed by atoms with Crippen molar-refractivity contribution in [3.63, 3.8) is 0 Å². The summed E-state index contributed by atoms with van der Waals surface area (Å²) < 4.78 is 5.21. The van der Waals surface area contributed by atoms with Crippen LogP contribution in [0.2, 0.25) is 0 Å². The number of methoxy groups -OCH3 is 1. The van der Waals surface area contributed by atoms with Crippen molar-refractivity contribution in [1.82, 2.24) is 20.0 Å². The fourth-order valence-corrected chi connectivity index (χ4v) is 3.98. The Labute approximate surface area is 166 Å². The maximum Gasteiger partial charge on any atom is 0.285 e. The van der Waals surface area contributed by atoms with Crippen molar-refractivity contribution >= 4 is 23.0 Å². The number of hydrogen-bond acceptors (Lipinski definition) is 7. The highest BCUT2D eigenvalue weighted by atomic mass is 32.1. The normalized spacial score (nSPS) is 13.9.